The molecule has 19 heavy (non-hydrogen) atoms. The van der Waals surface area contributed by atoms with Crippen LogP contribution in [0, 0.1) is 11.3 Å². The van der Waals surface area contributed by atoms with E-state index in [0.29, 0.717) is 30.9 Å². The first-order valence-corrected chi connectivity index (χ1v) is 7.09. The molecule has 0 bridgehead atoms. The van der Waals surface area contributed by atoms with Crippen LogP contribution < -0.4 is 14.8 Å². The van der Waals surface area contributed by atoms with Crippen LogP contribution in [-0.4, -0.2) is 20.3 Å². The van der Waals surface area contributed by atoms with Gasteiger partial charge >= 0.3 is 0 Å². The summed E-state index contributed by atoms with van der Waals surface area (Å²) in [5.74, 6) is 1.40. The van der Waals surface area contributed by atoms with Gasteiger partial charge in [0.1, 0.15) is 0 Å². The lowest BCUT2D eigenvalue weighted by molar-refractivity contribution is 0.288. The lowest BCUT2D eigenvalue weighted by atomic mass is 10.2. The first-order chi connectivity index (χ1) is 9.22. The molecule has 0 aromatic heterocycles. The fourth-order valence-electron chi connectivity index (χ4n) is 1.61. The van der Waals surface area contributed by atoms with E-state index in [1.807, 2.05) is 12.1 Å². The van der Waals surface area contributed by atoms with Crippen molar-refractivity contribution in [2.75, 3.05) is 20.3 Å². The molecule has 0 aliphatic rings. The molecule has 0 spiro atoms. The summed E-state index contributed by atoms with van der Waals surface area (Å²) in [7, 11) is 1.63. The predicted molar refractivity (Wildman–Crippen MR) is 78.4 cm³/mol. The predicted octanol–water partition coefficient (Wildman–Crippen LogP) is 3.25. The molecule has 0 fully saturated rings. The average molecular weight is 327 g/mol. The summed E-state index contributed by atoms with van der Waals surface area (Å²) in [6, 6.07) is 6.08. The Labute approximate surface area is 122 Å². The van der Waals surface area contributed by atoms with E-state index >= 15 is 0 Å². The van der Waals surface area contributed by atoms with Crippen molar-refractivity contribution in [1.29, 1.82) is 5.26 Å². The van der Waals surface area contributed by atoms with Gasteiger partial charge in [0, 0.05) is 13.0 Å². The summed E-state index contributed by atoms with van der Waals surface area (Å²) in [6.45, 7) is 4.29. The van der Waals surface area contributed by atoms with E-state index in [4.69, 9.17) is 14.7 Å². The van der Waals surface area contributed by atoms with Crippen LogP contribution >= 0.6 is 15.9 Å². The number of nitrogens with one attached hydrogen (secondary N) is 1. The molecular weight excluding hydrogens is 308 g/mol. The lowest BCUT2D eigenvalue weighted by Crippen LogP contribution is -2.12. The highest BCUT2D eigenvalue weighted by atomic mass is 79.9. The number of nitriles is 1. The topological polar surface area (TPSA) is 54.3 Å². The fraction of sp³-hybridized carbons (Fsp3) is 0.500. The van der Waals surface area contributed by atoms with Gasteiger partial charge in [-0.15, -0.1) is 0 Å². The van der Waals surface area contributed by atoms with Crippen molar-refractivity contribution < 1.29 is 9.47 Å². The molecule has 104 valence electrons. The Morgan fingerprint density at radius 3 is 2.84 bits per heavy atom. The van der Waals surface area contributed by atoms with Gasteiger partial charge in [-0.3, -0.25) is 0 Å². The van der Waals surface area contributed by atoms with Crippen molar-refractivity contribution in [3.63, 3.8) is 0 Å². The van der Waals surface area contributed by atoms with Crippen LogP contribution in [0.2, 0.25) is 0 Å². The lowest BCUT2D eigenvalue weighted by Gasteiger charge is -2.14. The largest absolute Gasteiger partial charge is 0.493 e. The quantitative estimate of drug-likeness (QED) is 0.745. The van der Waals surface area contributed by atoms with Crippen LogP contribution in [0.4, 0.5) is 0 Å². The van der Waals surface area contributed by atoms with E-state index in [0.717, 1.165) is 23.1 Å². The molecule has 1 N–H and O–H groups in total. The van der Waals surface area contributed by atoms with Crippen molar-refractivity contribution in [2.24, 2.45) is 0 Å². The second-order valence-electron chi connectivity index (χ2n) is 4.00. The molecule has 0 unspecified atom stereocenters. The second-order valence-corrected chi connectivity index (χ2v) is 4.85. The number of hydrogen-bond donors (Lipinski definition) is 1. The van der Waals surface area contributed by atoms with E-state index in [2.05, 4.69) is 34.2 Å². The van der Waals surface area contributed by atoms with Crippen molar-refractivity contribution in [3.8, 4) is 17.6 Å². The molecule has 0 amide bonds. The Balaban J connectivity index is 2.77. The maximum absolute atomic E-state index is 8.49. The fourth-order valence-corrected chi connectivity index (χ4v) is 2.21. The molecule has 0 atom stereocenters. The van der Waals surface area contributed by atoms with E-state index in [1.54, 1.807) is 7.11 Å². The molecular formula is C14H19BrN2O2. The van der Waals surface area contributed by atoms with E-state index in [1.165, 1.54) is 0 Å². The van der Waals surface area contributed by atoms with Gasteiger partial charge in [0.05, 0.1) is 24.3 Å². The molecule has 0 aliphatic carbocycles. The number of unbranched alkanes of at least 4 members (excludes halogenated alkanes) is 1. The van der Waals surface area contributed by atoms with Gasteiger partial charge in [0.15, 0.2) is 11.5 Å². The molecule has 1 rings (SSSR count). The minimum absolute atomic E-state index is 0.498. The highest BCUT2D eigenvalue weighted by Gasteiger charge is 2.11. The van der Waals surface area contributed by atoms with Gasteiger partial charge in [-0.2, -0.15) is 5.26 Å². The number of ether oxygens (including phenoxy) is 2. The highest BCUT2D eigenvalue weighted by Crippen LogP contribution is 2.36. The Hall–Kier alpha value is -1.25. The first-order valence-electron chi connectivity index (χ1n) is 6.29. The summed E-state index contributed by atoms with van der Waals surface area (Å²) < 4.78 is 11.9. The maximum atomic E-state index is 8.49. The Morgan fingerprint density at radius 2 is 2.21 bits per heavy atom. The number of methoxy groups -OCH3 is 1. The monoisotopic (exact) mass is 326 g/mol. The minimum atomic E-state index is 0.498. The molecule has 0 aliphatic heterocycles. The van der Waals surface area contributed by atoms with Gasteiger partial charge in [-0.05, 0) is 46.6 Å². The number of benzene rings is 1. The smallest absolute Gasteiger partial charge is 0.175 e. The highest BCUT2D eigenvalue weighted by molar-refractivity contribution is 9.10. The maximum Gasteiger partial charge on any atom is 0.175 e. The summed E-state index contributed by atoms with van der Waals surface area (Å²) in [5, 5.41) is 11.8. The Kier molecular flexibility index (Phi) is 7.31. The van der Waals surface area contributed by atoms with E-state index in [9.17, 15) is 0 Å². The third kappa shape index (κ3) is 5.09. The van der Waals surface area contributed by atoms with Crippen LogP contribution in [0.15, 0.2) is 16.6 Å². The summed E-state index contributed by atoms with van der Waals surface area (Å²) in [4.78, 5) is 0. The standard InChI is InChI=1S/C14H19BrN2O2/c1-3-17-10-11-8-12(15)14(13(9-11)18-2)19-7-5-4-6-16/h8-9,17H,3-5,7,10H2,1-2H3. The van der Waals surface area contributed by atoms with Gasteiger partial charge in [-0.1, -0.05) is 6.92 Å². The second kappa shape index (κ2) is 8.78. The Morgan fingerprint density at radius 1 is 1.42 bits per heavy atom. The third-order valence-corrected chi connectivity index (χ3v) is 3.14. The summed E-state index contributed by atoms with van der Waals surface area (Å²) >= 11 is 3.50. The molecule has 4 nitrogen and oxygen atoms in total. The molecule has 0 heterocycles. The van der Waals surface area contributed by atoms with Crippen LogP contribution in [-0.2, 0) is 6.54 Å². The van der Waals surface area contributed by atoms with Crippen LogP contribution in [0.25, 0.3) is 0 Å². The number of rotatable bonds is 8. The Bertz CT molecular complexity index is 444. The van der Waals surface area contributed by atoms with Gasteiger partial charge < -0.3 is 14.8 Å². The van der Waals surface area contributed by atoms with Crippen molar-refractivity contribution in [1.82, 2.24) is 5.32 Å². The number of hydrogen-bond acceptors (Lipinski definition) is 4. The third-order valence-electron chi connectivity index (χ3n) is 2.55. The van der Waals surface area contributed by atoms with Gasteiger partial charge in [0.25, 0.3) is 0 Å². The molecule has 1 aromatic carbocycles. The molecule has 1 aromatic rings. The normalized spacial score (nSPS) is 10.0. The van der Waals surface area contributed by atoms with Crippen LogP contribution in [0.1, 0.15) is 25.3 Å². The van der Waals surface area contributed by atoms with E-state index in [-0.39, 0.29) is 0 Å². The van der Waals surface area contributed by atoms with Crippen molar-refractivity contribution in [3.05, 3.63) is 22.2 Å². The minimum Gasteiger partial charge on any atom is -0.493 e. The zero-order chi connectivity index (χ0) is 14.1. The van der Waals surface area contributed by atoms with E-state index < -0.39 is 0 Å². The number of nitrogens with zero attached hydrogens (tertiary/aromatic N) is 1. The molecule has 0 radical (unpaired) electrons. The molecule has 0 saturated heterocycles. The summed E-state index contributed by atoms with van der Waals surface area (Å²) in [6.07, 6.45) is 1.21. The first kappa shape index (κ1) is 15.8. The van der Waals surface area contributed by atoms with Crippen LogP contribution in [0.5, 0.6) is 11.5 Å². The SMILES string of the molecule is CCNCc1cc(Br)c(OCCCC#N)c(OC)c1. The van der Waals surface area contributed by atoms with Crippen LogP contribution in [0.3, 0.4) is 0 Å². The number of halogens is 1. The van der Waals surface area contributed by atoms with Crippen molar-refractivity contribution >= 4 is 15.9 Å². The van der Waals surface area contributed by atoms with Crippen molar-refractivity contribution in [2.45, 2.75) is 26.3 Å². The zero-order valence-electron chi connectivity index (χ0n) is 11.3. The van der Waals surface area contributed by atoms with Gasteiger partial charge in [0.2, 0.25) is 0 Å². The molecule has 5 heteroatoms. The average Bonchev–Trinajstić information content (AvgIpc) is 2.42. The molecule has 0 saturated carbocycles. The van der Waals surface area contributed by atoms with Gasteiger partial charge in [-0.25, -0.2) is 0 Å². The summed E-state index contributed by atoms with van der Waals surface area (Å²) in [5.41, 5.74) is 1.13. The zero-order valence-corrected chi connectivity index (χ0v) is 12.9.